The molecule has 1 amide bonds. The van der Waals surface area contributed by atoms with Crippen LogP contribution in [0, 0.1) is 0 Å². The smallest absolute Gasteiger partial charge is 0.253 e. The number of carbonyl (C=O) groups excluding carboxylic acids is 1. The van der Waals surface area contributed by atoms with Gasteiger partial charge in [-0.25, -0.2) is 0 Å². The Balaban J connectivity index is 2.77. The van der Waals surface area contributed by atoms with E-state index in [-0.39, 0.29) is 12.5 Å². The number of nitrogens with zero attached hydrogens (tertiary/aromatic N) is 1. The third kappa shape index (κ3) is 3.90. The van der Waals surface area contributed by atoms with Gasteiger partial charge in [0.2, 0.25) is 0 Å². The highest BCUT2D eigenvalue weighted by atomic mass is 32.2. The Morgan fingerprint density at radius 1 is 1.50 bits per heavy atom. The lowest BCUT2D eigenvalue weighted by Crippen LogP contribution is -2.21. The Morgan fingerprint density at radius 3 is 2.67 bits per heavy atom. The minimum atomic E-state index is -0.766. The van der Waals surface area contributed by atoms with Crippen molar-refractivity contribution < 1.29 is 15.0 Å². The fourth-order valence-corrected chi connectivity index (χ4v) is 2.18. The van der Waals surface area contributed by atoms with Crippen LogP contribution in [-0.4, -0.2) is 53.6 Å². The number of nitrogens with two attached hydrogens (primary N) is 1. The highest BCUT2D eigenvalue weighted by Gasteiger charge is 2.11. The topological polar surface area (TPSA) is 86.8 Å². The first-order chi connectivity index (χ1) is 8.45. The molecule has 1 aromatic carbocycles. The average Bonchev–Trinajstić information content (AvgIpc) is 2.35. The zero-order valence-electron chi connectivity index (χ0n) is 10.5. The van der Waals surface area contributed by atoms with Crippen molar-refractivity contribution in [3.05, 3.63) is 23.8 Å². The summed E-state index contributed by atoms with van der Waals surface area (Å²) in [7, 11) is 3.36. The van der Waals surface area contributed by atoms with Crippen molar-refractivity contribution >= 4 is 23.4 Å². The molecule has 0 saturated carbocycles. The first-order valence-corrected chi connectivity index (χ1v) is 6.47. The van der Waals surface area contributed by atoms with E-state index in [1.165, 1.54) is 16.7 Å². The van der Waals surface area contributed by atoms with Crippen LogP contribution in [0.1, 0.15) is 10.4 Å². The maximum absolute atomic E-state index is 11.7. The molecule has 0 spiro atoms. The second-order valence-corrected chi connectivity index (χ2v) is 5.16. The summed E-state index contributed by atoms with van der Waals surface area (Å²) in [6.07, 6.45) is -0.766. The van der Waals surface area contributed by atoms with Crippen molar-refractivity contribution in [2.24, 2.45) is 0 Å². The van der Waals surface area contributed by atoms with Gasteiger partial charge in [0.15, 0.2) is 0 Å². The second kappa shape index (κ2) is 6.63. The predicted molar refractivity (Wildman–Crippen MR) is 72.7 cm³/mol. The van der Waals surface area contributed by atoms with Gasteiger partial charge in [0.25, 0.3) is 5.91 Å². The largest absolute Gasteiger partial charge is 0.398 e. The Morgan fingerprint density at radius 2 is 2.17 bits per heavy atom. The first-order valence-electron chi connectivity index (χ1n) is 5.48. The molecule has 4 N–H and O–H groups in total. The van der Waals surface area contributed by atoms with E-state index in [0.29, 0.717) is 17.0 Å². The zero-order valence-corrected chi connectivity index (χ0v) is 11.3. The molecule has 1 aromatic rings. The minimum absolute atomic E-state index is 0.103. The summed E-state index contributed by atoms with van der Waals surface area (Å²) >= 11 is 1.35. The van der Waals surface area contributed by atoms with Gasteiger partial charge in [-0.1, -0.05) is 0 Å². The number of nitrogen functional groups attached to an aromatic ring is 1. The van der Waals surface area contributed by atoms with Gasteiger partial charge in [0.05, 0.1) is 12.7 Å². The molecular weight excluding hydrogens is 252 g/mol. The Hall–Kier alpha value is -1.24. The summed E-state index contributed by atoms with van der Waals surface area (Å²) in [5.74, 6) is 0.260. The van der Waals surface area contributed by atoms with E-state index in [2.05, 4.69) is 0 Å². The van der Waals surface area contributed by atoms with E-state index in [0.717, 1.165) is 4.90 Å². The molecule has 6 heteroatoms. The molecule has 0 aliphatic carbocycles. The molecule has 0 aliphatic heterocycles. The first kappa shape index (κ1) is 14.8. The second-order valence-electron chi connectivity index (χ2n) is 4.10. The lowest BCUT2D eigenvalue weighted by molar-refractivity contribution is 0.0827. The number of aliphatic hydroxyl groups excluding tert-OH is 2. The van der Waals surface area contributed by atoms with E-state index in [9.17, 15) is 9.90 Å². The van der Waals surface area contributed by atoms with E-state index < -0.39 is 6.10 Å². The van der Waals surface area contributed by atoms with Gasteiger partial charge in [-0.05, 0) is 18.2 Å². The van der Waals surface area contributed by atoms with E-state index in [4.69, 9.17) is 10.8 Å². The third-order valence-electron chi connectivity index (χ3n) is 2.30. The van der Waals surface area contributed by atoms with Crippen molar-refractivity contribution in [3.63, 3.8) is 0 Å². The molecule has 18 heavy (non-hydrogen) atoms. The fraction of sp³-hybridized carbons (Fsp3) is 0.417. The molecule has 5 nitrogen and oxygen atoms in total. The van der Waals surface area contributed by atoms with Gasteiger partial charge in [0, 0.05) is 36.0 Å². The summed E-state index contributed by atoms with van der Waals surface area (Å²) in [4.78, 5) is 14.0. The number of hydrogen-bond acceptors (Lipinski definition) is 5. The molecule has 1 rings (SSSR count). The molecule has 0 saturated heterocycles. The van der Waals surface area contributed by atoms with Crippen LogP contribution in [0.25, 0.3) is 0 Å². The van der Waals surface area contributed by atoms with Gasteiger partial charge < -0.3 is 20.8 Å². The Bertz CT molecular complexity index is 424. The number of benzene rings is 1. The Kier molecular flexibility index (Phi) is 5.46. The minimum Gasteiger partial charge on any atom is -0.398 e. The zero-order chi connectivity index (χ0) is 13.7. The number of amides is 1. The van der Waals surface area contributed by atoms with Crippen molar-refractivity contribution in [2.45, 2.75) is 11.0 Å². The summed E-state index contributed by atoms with van der Waals surface area (Å²) in [5, 5.41) is 18.0. The van der Waals surface area contributed by atoms with E-state index >= 15 is 0 Å². The highest BCUT2D eigenvalue weighted by molar-refractivity contribution is 7.99. The number of hydrogen-bond donors (Lipinski definition) is 3. The summed E-state index contributed by atoms with van der Waals surface area (Å²) in [6.45, 7) is -0.274. The molecule has 0 fully saturated rings. The number of rotatable bonds is 5. The molecular formula is C12H18N2O3S. The predicted octanol–water partition coefficient (Wildman–Crippen LogP) is 0.416. The van der Waals surface area contributed by atoms with Crippen molar-refractivity contribution in [1.82, 2.24) is 4.90 Å². The fourth-order valence-electron chi connectivity index (χ4n) is 1.31. The monoisotopic (exact) mass is 270 g/mol. The van der Waals surface area contributed by atoms with Crippen LogP contribution in [-0.2, 0) is 0 Å². The molecule has 0 aliphatic rings. The van der Waals surface area contributed by atoms with Crippen LogP contribution in [0.5, 0.6) is 0 Å². The van der Waals surface area contributed by atoms with Crippen molar-refractivity contribution in [2.75, 3.05) is 32.2 Å². The van der Waals surface area contributed by atoms with Gasteiger partial charge in [0.1, 0.15) is 0 Å². The molecule has 0 aromatic heterocycles. The molecule has 1 atom stereocenters. The van der Waals surface area contributed by atoms with Gasteiger partial charge in [-0.3, -0.25) is 4.79 Å². The van der Waals surface area contributed by atoms with Crippen LogP contribution in [0.15, 0.2) is 23.1 Å². The van der Waals surface area contributed by atoms with E-state index in [1.807, 2.05) is 0 Å². The quantitative estimate of drug-likeness (QED) is 0.533. The SMILES string of the molecule is CN(C)C(=O)c1ccc(SCC(O)CO)c(N)c1. The maximum Gasteiger partial charge on any atom is 0.253 e. The van der Waals surface area contributed by atoms with E-state index in [1.54, 1.807) is 32.3 Å². The standard InChI is InChI=1S/C12H18N2O3S/c1-14(2)12(17)8-3-4-11(10(13)5-8)18-7-9(16)6-15/h3-5,9,15-16H,6-7,13H2,1-2H3. The molecule has 0 radical (unpaired) electrons. The highest BCUT2D eigenvalue weighted by Crippen LogP contribution is 2.26. The van der Waals surface area contributed by atoms with Crippen molar-refractivity contribution in [3.8, 4) is 0 Å². The maximum atomic E-state index is 11.7. The number of anilines is 1. The molecule has 100 valence electrons. The molecule has 1 unspecified atom stereocenters. The van der Waals surface area contributed by atoms with Crippen LogP contribution in [0.2, 0.25) is 0 Å². The van der Waals surface area contributed by atoms with Crippen molar-refractivity contribution in [1.29, 1.82) is 0 Å². The molecule has 0 heterocycles. The van der Waals surface area contributed by atoms with Crippen LogP contribution >= 0.6 is 11.8 Å². The normalized spacial score (nSPS) is 12.2. The van der Waals surface area contributed by atoms with Gasteiger partial charge >= 0.3 is 0 Å². The lowest BCUT2D eigenvalue weighted by Gasteiger charge is -2.13. The summed E-state index contributed by atoms with van der Waals surface area (Å²) in [6, 6.07) is 5.07. The number of carbonyl (C=O) groups is 1. The molecule has 0 bridgehead atoms. The summed E-state index contributed by atoms with van der Waals surface area (Å²) in [5.41, 5.74) is 6.88. The van der Waals surface area contributed by atoms with Gasteiger partial charge in [-0.2, -0.15) is 0 Å². The number of thioether (sulfide) groups is 1. The number of aliphatic hydroxyl groups is 2. The Labute approximate surface area is 111 Å². The lowest BCUT2D eigenvalue weighted by atomic mass is 10.2. The van der Waals surface area contributed by atoms with Crippen LogP contribution in [0.4, 0.5) is 5.69 Å². The third-order valence-corrected chi connectivity index (χ3v) is 3.54. The van der Waals surface area contributed by atoms with Crippen LogP contribution < -0.4 is 5.73 Å². The summed E-state index contributed by atoms with van der Waals surface area (Å²) < 4.78 is 0. The van der Waals surface area contributed by atoms with Gasteiger partial charge in [-0.15, -0.1) is 11.8 Å². The van der Waals surface area contributed by atoms with Crippen LogP contribution in [0.3, 0.4) is 0 Å². The average molecular weight is 270 g/mol.